The number of nitrogens with two attached hydrogens (primary N) is 1. The molecule has 20 heavy (non-hydrogen) atoms. The Morgan fingerprint density at radius 2 is 2.15 bits per heavy atom. The van der Waals surface area contributed by atoms with E-state index in [1.165, 1.54) is 6.20 Å². The Hall–Kier alpha value is -0.560. The average Bonchev–Trinajstić information content (AvgIpc) is 2.82. The molecule has 2 rings (SSSR count). The number of nitrogens with one attached hydrogen (secondary N) is 2. The van der Waals surface area contributed by atoms with E-state index in [1.54, 1.807) is 6.07 Å². The van der Waals surface area contributed by atoms with Crippen molar-refractivity contribution >= 4 is 52.3 Å². The Kier molecular flexibility index (Phi) is 8.42. The molecule has 0 spiro atoms. The first-order chi connectivity index (χ1) is 8.61. The molecule has 0 bridgehead atoms. The van der Waals surface area contributed by atoms with E-state index >= 15 is 0 Å². The molecule has 1 amide bonds. The number of aromatic nitrogens is 1. The number of hydrogen-bond donors (Lipinski definition) is 3. The number of carbonyl (C=O) groups excluding carboxylic acids is 1. The van der Waals surface area contributed by atoms with Gasteiger partial charge in [0.1, 0.15) is 5.69 Å². The van der Waals surface area contributed by atoms with E-state index in [4.69, 9.17) is 5.73 Å². The van der Waals surface area contributed by atoms with Crippen molar-refractivity contribution in [3.63, 3.8) is 0 Å². The molecule has 2 atom stereocenters. The molecule has 1 aromatic heterocycles. The van der Waals surface area contributed by atoms with Gasteiger partial charge in [0.05, 0.1) is 0 Å². The van der Waals surface area contributed by atoms with Crippen LogP contribution in [0.15, 0.2) is 21.5 Å². The molecular formula is C12H18BrCl2N3O2. The Balaban J connectivity index is 0.00000180. The summed E-state index contributed by atoms with van der Waals surface area (Å²) < 4.78 is 0.721. The van der Waals surface area contributed by atoms with Crippen molar-refractivity contribution in [2.45, 2.75) is 19.3 Å². The second kappa shape index (κ2) is 8.67. The van der Waals surface area contributed by atoms with E-state index in [-0.39, 0.29) is 53.8 Å². The van der Waals surface area contributed by atoms with Crippen LogP contribution < -0.4 is 16.6 Å². The van der Waals surface area contributed by atoms with Crippen LogP contribution in [-0.4, -0.2) is 17.4 Å². The number of H-pyrrole nitrogens is 1. The second-order valence-corrected chi connectivity index (χ2v) is 5.50. The number of anilines is 1. The van der Waals surface area contributed by atoms with Gasteiger partial charge in [-0.2, -0.15) is 0 Å². The zero-order valence-electron chi connectivity index (χ0n) is 10.7. The van der Waals surface area contributed by atoms with E-state index in [1.807, 2.05) is 0 Å². The molecule has 1 aliphatic carbocycles. The lowest BCUT2D eigenvalue weighted by atomic mass is 9.95. The van der Waals surface area contributed by atoms with E-state index < -0.39 is 0 Å². The number of rotatable bonds is 3. The van der Waals surface area contributed by atoms with Crippen molar-refractivity contribution in [3.8, 4) is 0 Å². The second-order valence-electron chi connectivity index (χ2n) is 4.58. The van der Waals surface area contributed by atoms with Crippen molar-refractivity contribution in [3.05, 3.63) is 27.1 Å². The number of aromatic amines is 1. The Morgan fingerprint density at radius 1 is 1.45 bits per heavy atom. The minimum atomic E-state index is -0.297. The first kappa shape index (κ1) is 19.4. The van der Waals surface area contributed by atoms with Crippen molar-refractivity contribution in [2.24, 2.45) is 17.6 Å². The number of carbonyl (C=O) groups is 1. The normalized spacial score (nSPS) is 20.7. The van der Waals surface area contributed by atoms with Crippen LogP contribution in [0.2, 0.25) is 0 Å². The van der Waals surface area contributed by atoms with Crippen LogP contribution in [0.25, 0.3) is 0 Å². The molecule has 1 aromatic rings. The summed E-state index contributed by atoms with van der Waals surface area (Å²) in [7, 11) is 0. The van der Waals surface area contributed by atoms with Crippen LogP contribution in [-0.2, 0) is 4.79 Å². The lowest BCUT2D eigenvalue weighted by Crippen LogP contribution is -2.31. The fourth-order valence-electron chi connectivity index (χ4n) is 2.44. The third-order valence-corrected chi connectivity index (χ3v) is 3.88. The molecule has 114 valence electrons. The number of amides is 1. The van der Waals surface area contributed by atoms with Gasteiger partial charge in [0.15, 0.2) is 0 Å². The van der Waals surface area contributed by atoms with Gasteiger partial charge in [-0.25, -0.2) is 0 Å². The topological polar surface area (TPSA) is 88.0 Å². The fourth-order valence-corrected chi connectivity index (χ4v) is 2.78. The molecule has 1 heterocycles. The van der Waals surface area contributed by atoms with Gasteiger partial charge < -0.3 is 16.0 Å². The highest BCUT2D eigenvalue weighted by atomic mass is 79.9. The predicted octanol–water partition coefficient (Wildman–Crippen LogP) is 2.29. The zero-order chi connectivity index (χ0) is 13.1. The molecule has 0 radical (unpaired) electrons. The summed E-state index contributed by atoms with van der Waals surface area (Å²) in [5, 5.41) is 2.69. The standard InChI is InChI=1S/C12H16BrN3O2.2ClH/c13-8-4-10(12(18)15-6-8)16-11(17)9-3-1-2-7(9)5-14;;/h4,6-7,9H,1-3,5,14H2,(H,15,18)(H,16,17);2*1H/t7-,9-;;/m1../s1. The van der Waals surface area contributed by atoms with E-state index in [2.05, 4.69) is 26.2 Å². The molecule has 0 saturated heterocycles. The molecule has 8 heteroatoms. The van der Waals surface area contributed by atoms with E-state index in [0.717, 1.165) is 23.7 Å². The SMILES string of the molecule is Cl.Cl.NC[C@H]1CCC[C@H]1C(=O)Nc1cc(Br)c[nH]c1=O. The first-order valence-corrected chi connectivity index (χ1v) is 6.80. The maximum absolute atomic E-state index is 12.1. The van der Waals surface area contributed by atoms with Gasteiger partial charge in [0.25, 0.3) is 5.56 Å². The highest BCUT2D eigenvalue weighted by Crippen LogP contribution is 2.31. The molecule has 1 fully saturated rings. The summed E-state index contributed by atoms with van der Waals surface area (Å²) in [5.74, 6) is 0.0520. The van der Waals surface area contributed by atoms with E-state index in [9.17, 15) is 9.59 Å². The van der Waals surface area contributed by atoms with Crippen LogP contribution in [0, 0.1) is 11.8 Å². The molecule has 1 saturated carbocycles. The summed E-state index contributed by atoms with van der Waals surface area (Å²) in [6, 6.07) is 1.60. The number of pyridine rings is 1. The lowest BCUT2D eigenvalue weighted by Gasteiger charge is -2.17. The Bertz CT molecular complexity index is 510. The third kappa shape index (κ3) is 4.48. The highest BCUT2D eigenvalue weighted by Gasteiger charge is 2.32. The van der Waals surface area contributed by atoms with Gasteiger partial charge in [-0.3, -0.25) is 9.59 Å². The van der Waals surface area contributed by atoms with Crippen molar-refractivity contribution < 1.29 is 4.79 Å². The Labute approximate surface area is 138 Å². The summed E-state index contributed by atoms with van der Waals surface area (Å²) in [5.41, 5.74) is 5.63. The molecule has 5 nitrogen and oxygen atoms in total. The predicted molar refractivity (Wildman–Crippen MR) is 87.8 cm³/mol. The fraction of sp³-hybridized carbons (Fsp3) is 0.500. The van der Waals surface area contributed by atoms with Crippen LogP contribution in [0.1, 0.15) is 19.3 Å². The maximum Gasteiger partial charge on any atom is 0.271 e. The van der Waals surface area contributed by atoms with Crippen molar-refractivity contribution in [2.75, 3.05) is 11.9 Å². The summed E-state index contributed by atoms with van der Waals surface area (Å²) in [6.07, 6.45) is 4.40. The van der Waals surface area contributed by atoms with Crippen LogP contribution in [0.4, 0.5) is 5.69 Å². The quantitative estimate of drug-likeness (QED) is 0.744. The zero-order valence-corrected chi connectivity index (χ0v) is 13.9. The minimum absolute atomic E-state index is 0. The van der Waals surface area contributed by atoms with Gasteiger partial charge in [0.2, 0.25) is 5.91 Å². The van der Waals surface area contributed by atoms with E-state index in [0.29, 0.717) is 6.54 Å². The van der Waals surface area contributed by atoms with Crippen LogP contribution in [0.5, 0.6) is 0 Å². The summed E-state index contributed by atoms with van der Waals surface area (Å²) in [6.45, 7) is 0.521. The van der Waals surface area contributed by atoms with Gasteiger partial charge in [-0.15, -0.1) is 24.8 Å². The number of hydrogen-bond acceptors (Lipinski definition) is 3. The maximum atomic E-state index is 12.1. The number of halogens is 3. The molecule has 4 N–H and O–H groups in total. The summed E-state index contributed by atoms with van der Waals surface area (Å²) >= 11 is 3.25. The molecule has 0 aromatic carbocycles. The Morgan fingerprint density at radius 3 is 2.80 bits per heavy atom. The third-order valence-electron chi connectivity index (χ3n) is 3.42. The lowest BCUT2D eigenvalue weighted by molar-refractivity contribution is -0.120. The van der Waals surface area contributed by atoms with Gasteiger partial charge >= 0.3 is 0 Å². The highest BCUT2D eigenvalue weighted by molar-refractivity contribution is 9.10. The average molecular weight is 387 g/mol. The molecule has 0 unspecified atom stereocenters. The van der Waals surface area contributed by atoms with Gasteiger partial charge in [-0.1, -0.05) is 6.42 Å². The molecule has 0 aliphatic heterocycles. The minimum Gasteiger partial charge on any atom is -0.330 e. The first-order valence-electron chi connectivity index (χ1n) is 6.01. The smallest absolute Gasteiger partial charge is 0.271 e. The van der Waals surface area contributed by atoms with Crippen molar-refractivity contribution in [1.29, 1.82) is 0 Å². The van der Waals surface area contributed by atoms with Gasteiger partial charge in [0, 0.05) is 16.6 Å². The van der Waals surface area contributed by atoms with Crippen molar-refractivity contribution in [1.82, 2.24) is 4.98 Å². The van der Waals surface area contributed by atoms with Crippen LogP contribution in [0.3, 0.4) is 0 Å². The monoisotopic (exact) mass is 385 g/mol. The van der Waals surface area contributed by atoms with Gasteiger partial charge in [-0.05, 0) is 47.3 Å². The molecule has 1 aliphatic rings. The van der Waals surface area contributed by atoms with Crippen LogP contribution >= 0.6 is 40.7 Å². The molecular weight excluding hydrogens is 369 g/mol. The largest absolute Gasteiger partial charge is 0.330 e. The summed E-state index contributed by atoms with van der Waals surface area (Å²) in [4.78, 5) is 26.2.